The zero-order valence-corrected chi connectivity index (χ0v) is 16.4. The molecule has 0 fully saturated rings. The number of carbonyl (C=O) groups is 1. The van der Waals surface area contributed by atoms with E-state index in [1.54, 1.807) is 35.5 Å². The van der Waals surface area contributed by atoms with Crippen LogP contribution in [0.3, 0.4) is 0 Å². The summed E-state index contributed by atoms with van der Waals surface area (Å²) < 4.78 is 8.60. The maximum Gasteiger partial charge on any atom is 0.295 e. The van der Waals surface area contributed by atoms with Crippen LogP contribution in [0.15, 0.2) is 59.4 Å². The van der Waals surface area contributed by atoms with E-state index in [9.17, 15) is 9.59 Å². The van der Waals surface area contributed by atoms with Crippen molar-refractivity contribution in [2.24, 2.45) is 7.05 Å². The molecule has 1 atom stereocenters. The van der Waals surface area contributed by atoms with Crippen LogP contribution >= 0.6 is 0 Å². The fraction of sp³-hybridized carbons (Fsp3) is 0.238. The van der Waals surface area contributed by atoms with Crippen LogP contribution in [0, 0.1) is 6.92 Å². The van der Waals surface area contributed by atoms with E-state index in [4.69, 9.17) is 4.74 Å². The lowest BCUT2D eigenvalue weighted by Crippen LogP contribution is -2.34. The highest BCUT2D eigenvalue weighted by atomic mass is 16.5. The van der Waals surface area contributed by atoms with Gasteiger partial charge in [0.25, 0.3) is 5.56 Å². The number of aromatic nitrogens is 2. The molecule has 3 aromatic rings. The molecule has 1 aromatic heterocycles. The highest BCUT2D eigenvalue weighted by Gasteiger charge is 2.21. The number of nitrogens with zero attached hydrogens (tertiary/aromatic N) is 2. The number of hydrogen-bond acceptors (Lipinski definition) is 4. The molecule has 0 bridgehead atoms. The van der Waals surface area contributed by atoms with E-state index in [1.807, 2.05) is 56.4 Å². The summed E-state index contributed by atoms with van der Waals surface area (Å²) in [4.78, 5) is 25.6. The van der Waals surface area contributed by atoms with Crippen molar-refractivity contribution < 1.29 is 9.53 Å². The number of benzene rings is 2. The summed E-state index contributed by atoms with van der Waals surface area (Å²) in [6.45, 7) is 3.55. The maximum atomic E-state index is 13.0. The highest BCUT2D eigenvalue weighted by Crippen LogP contribution is 2.23. The number of methoxy groups -OCH3 is 1. The molecule has 0 saturated carbocycles. The van der Waals surface area contributed by atoms with Crippen molar-refractivity contribution in [3.8, 4) is 11.4 Å². The smallest absolute Gasteiger partial charge is 0.295 e. The molecular weight excluding hydrogens is 356 g/mol. The summed E-state index contributed by atoms with van der Waals surface area (Å²) >= 11 is 0. The molecule has 3 rings (SSSR count). The number of hydrogen-bond donors (Lipinski definition) is 2. The molecule has 1 amide bonds. The van der Waals surface area contributed by atoms with Crippen molar-refractivity contribution >= 4 is 17.3 Å². The van der Waals surface area contributed by atoms with Gasteiger partial charge in [-0.2, -0.15) is 0 Å². The minimum atomic E-state index is -0.622. The van der Waals surface area contributed by atoms with E-state index in [0.717, 1.165) is 11.4 Å². The summed E-state index contributed by atoms with van der Waals surface area (Å²) in [5.74, 6) is 0.309. The molecule has 7 heteroatoms. The molecule has 1 unspecified atom stereocenters. The zero-order chi connectivity index (χ0) is 20.3. The normalized spacial score (nSPS) is 11.7. The zero-order valence-electron chi connectivity index (χ0n) is 16.4. The lowest BCUT2D eigenvalue weighted by molar-refractivity contribution is -0.116. The molecular formula is C21H24N4O3. The summed E-state index contributed by atoms with van der Waals surface area (Å²) in [5, 5.41) is 5.89. The predicted octanol–water partition coefficient (Wildman–Crippen LogP) is 2.93. The topological polar surface area (TPSA) is 77.3 Å². The number of ether oxygens (including phenoxy) is 1. The number of anilines is 2. The van der Waals surface area contributed by atoms with Gasteiger partial charge in [-0.3, -0.25) is 14.3 Å². The van der Waals surface area contributed by atoms with Gasteiger partial charge in [0, 0.05) is 7.05 Å². The quantitative estimate of drug-likeness (QED) is 0.689. The third-order valence-electron chi connectivity index (χ3n) is 4.67. The molecule has 2 N–H and O–H groups in total. The van der Waals surface area contributed by atoms with Crippen molar-refractivity contribution in [2.45, 2.75) is 19.9 Å². The second-order valence-electron chi connectivity index (χ2n) is 6.49. The van der Waals surface area contributed by atoms with Gasteiger partial charge in [0.05, 0.1) is 24.2 Å². The average Bonchev–Trinajstić information content (AvgIpc) is 2.92. The standard InChI is InChI=1S/C21H24N4O3/c1-14(20(26)23-17-12-8-9-13-18(17)28-4)22-19-15(2)24(3)25(21(19)27)16-10-6-5-7-11-16/h5-14,22H,1-4H3,(H,23,26). The van der Waals surface area contributed by atoms with Crippen LogP contribution < -0.4 is 20.9 Å². The molecule has 0 spiro atoms. The van der Waals surface area contributed by atoms with Gasteiger partial charge in [-0.15, -0.1) is 0 Å². The third-order valence-corrected chi connectivity index (χ3v) is 4.67. The van der Waals surface area contributed by atoms with Crippen LogP contribution in [0.2, 0.25) is 0 Å². The molecule has 1 heterocycles. The molecule has 146 valence electrons. The van der Waals surface area contributed by atoms with E-state index < -0.39 is 6.04 Å². The Hall–Kier alpha value is -3.48. The van der Waals surface area contributed by atoms with Crippen molar-refractivity contribution in [2.75, 3.05) is 17.7 Å². The van der Waals surface area contributed by atoms with Crippen LogP contribution in [0.5, 0.6) is 5.75 Å². The molecule has 0 saturated heterocycles. The minimum absolute atomic E-state index is 0.205. The van der Waals surface area contributed by atoms with E-state index in [1.165, 1.54) is 0 Å². The van der Waals surface area contributed by atoms with Crippen LogP contribution in [0.4, 0.5) is 11.4 Å². The van der Waals surface area contributed by atoms with E-state index in [2.05, 4.69) is 10.6 Å². The maximum absolute atomic E-state index is 13.0. The Balaban J connectivity index is 1.84. The number of amides is 1. The van der Waals surface area contributed by atoms with Gasteiger partial charge in [-0.25, -0.2) is 4.68 Å². The number of carbonyl (C=O) groups excluding carboxylic acids is 1. The Morgan fingerprint density at radius 2 is 1.71 bits per heavy atom. The second kappa shape index (κ2) is 8.04. The first-order chi connectivity index (χ1) is 13.4. The van der Waals surface area contributed by atoms with Gasteiger partial charge in [0.2, 0.25) is 5.91 Å². The lowest BCUT2D eigenvalue weighted by Gasteiger charge is -2.16. The second-order valence-corrected chi connectivity index (χ2v) is 6.49. The van der Waals surface area contributed by atoms with Gasteiger partial charge < -0.3 is 15.4 Å². The predicted molar refractivity (Wildman–Crippen MR) is 110 cm³/mol. The van der Waals surface area contributed by atoms with Gasteiger partial charge in [0.15, 0.2) is 0 Å². The molecule has 0 radical (unpaired) electrons. The Labute approximate surface area is 163 Å². The summed E-state index contributed by atoms with van der Waals surface area (Å²) in [5.41, 5.74) is 2.27. The van der Waals surface area contributed by atoms with Crippen molar-refractivity contribution in [3.63, 3.8) is 0 Å². The first kappa shape index (κ1) is 19.3. The van der Waals surface area contributed by atoms with E-state index in [0.29, 0.717) is 17.1 Å². The molecule has 2 aromatic carbocycles. The highest BCUT2D eigenvalue weighted by molar-refractivity contribution is 5.97. The minimum Gasteiger partial charge on any atom is -0.495 e. The van der Waals surface area contributed by atoms with Crippen LogP contribution in [0.1, 0.15) is 12.6 Å². The first-order valence-electron chi connectivity index (χ1n) is 8.98. The van der Waals surface area contributed by atoms with Crippen LogP contribution in [-0.2, 0) is 11.8 Å². The van der Waals surface area contributed by atoms with E-state index in [-0.39, 0.29) is 11.5 Å². The van der Waals surface area contributed by atoms with Gasteiger partial charge in [-0.05, 0) is 38.1 Å². The summed E-state index contributed by atoms with van der Waals surface area (Å²) in [7, 11) is 3.36. The Morgan fingerprint density at radius 1 is 1.07 bits per heavy atom. The Morgan fingerprint density at radius 3 is 2.39 bits per heavy atom. The molecule has 0 aliphatic rings. The lowest BCUT2D eigenvalue weighted by atomic mass is 10.2. The fourth-order valence-electron chi connectivity index (χ4n) is 3.01. The number of nitrogens with one attached hydrogen (secondary N) is 2. The first-order valence-corrected chi connectivity index (χ1v) is 8.98. The average molecular weight is 380 g/mol. The number of para-hydroxylation sites is 3. The largest absolute Gasteiger partial charge is 0.495 e. The SMILES string of the molecule is COc1ccccc1NC(=O)C(C)Nc1c(C)n(C)n(-c2ccccc2)c1=O. The van der Waals surface area contributed by atoms with E-state index >= 15 is 0 Å². The fourth-order valence-corrected chi connectivity index (χ4v) is 3.01. The molecule has 7 nitrogen and oxygen atoms in total. The summed E-state index contributed by atoms with van der Waals surface area (Å²) in [6, 6.07) is 15.9. The summed E-state index contributed by atoms with van der Waals surface area (Å²) in [6.07, 6.45) is 0. The number of rotatable bonds is 6. The van der Waals surface area contributed by atoms with Crippen molar-refractivity contribution in [3.05, 3.63) is 70.6 Å². The third kappa shape index (κ3) is 3.64. The molecule has 0 aliphatic heterocycles. The van der Waals surface area contributed by atoms with Crippen LogP contribution in [0.25, 0.3) is 5.69 Å². The van der Waals surface area contributed by atoms with Crippen molar-refractivity contribution in [1.82, 2.24) is 9.36 Å². The van der Waals surface area contributed by atoms with Crippen molar-refractivity contribution in [1.29, 1.82) is 0 Å². The van der Waals surface area contributed by atoms with Crippen LogP contribution in [-0.4, -0.2) is 28.4 Å². The Kier molecular flexibility index (Phi) is 5.54. The molecule has 28 heavy (non-hydrogen) atoms. The van der Waals surface area contributed by atoms with Gasteiger partial charge in [-0.1, -0.05) is 30.3 Å². The van der Waals surface area contributed by atoms with Gasteiger partial charge in [0.1, 0.15) is 17.5 Å². The monoisotopic (exact) mass is 380 g/mol. The Bertz CT molecular complexity index is 1040. The molecule has 0 aliphatic carbocycles. The van der Waals surface area contributed by atoms with Gasteiger partial charge >= 0.3 is 0 Å².